The lowest BCUT2D eigenvalue weighted by molar-refractivity contribution is 0.139. The van der Waals surface area contributed by atoms with Crippen molar-refractivity contribution in [2.24, 2.45) is 5.92 Å². The molecule has 4 nitrogen and oxygen atoms in total. The molecule has 1 aliphatic heterocycles. The van der Waals surface area contributed by atoms with Crippen molar-refractivity contribution in [2.45, 2.75) is 39.2 Å². The van der Waals surface area contributed by atoms with Gasteiger partial charge >= 0.3 is 0 Å². The van der Waals surface area contributed by atoms with Gasteiger partial charge in [-0.05, 0) is 68.6 Å². The third-order valence-electron chi connectivity index (χ3n) is 5.54. The molecule has 1 aliphatic rings. The van der Waals surface area contributed by atoms with Gasteiger partial charge in [0.15, 0.2) is 0 Å². The second-order valence-electron chi connectivity index (χ2n) is 7.83. The number of piperidine rings is 1. The number of rotatable bonds is 9. The minimum Gasteiger partial charge on any atom is -0.497 e. The number of hydrogen-bond donors (Lipinski definition) is 0. The minimum absolute atomic E-state index is 0.750. The zero-order valence-electron chi connectivity index (χ0n) is 17.1. The molecule has 1 aromatic heterocycles. The van der Waals surface area contributed by atoms with E-state index in [9.17, 15) is 0 Å². The third kappa shape index (κ3) is 6.12. The number of furan rings is 1. The van der Waals surface area contributed by atoms with Crippen molar-refractivity contribution in [1.29, 1.82) is 0 Å². The normalized spacial score (nSPS) is 18.1. The van der Waals surface area contributed by atoms with Gasteiger partial charge in [-0.15, -0.1) is 0 Å². The highest BCUT2D eigenvalue weighted by Crippen LogP contribution is 2.20. The number of likely N-dealkylation sites (tertiary alicyclic amines) is 1. The monoisotopic (exact) mass is 370 g/mol. The predicted octanol–water partition coefficient (Wildman–Crippen LogP) is 4.24. The van der Waals surface area contributed by atoms with Crippen LogP contribution in [0.25, 0.3) is 0 Å². The molecule has 1 atom stereocenters. The molecule has 0 amide bonds. The lowest BCUT2D eigenvalue weighted by Gasteiger charge is -2.34. The van der Waals surface area contributed by atoms with Crippen molar-refractivity contribution < 1.29 is 9.15 Å². The van der Waals surface area contributed by atoms with Gasteiger partial charge in [0.05, 0.1) is 13.7 Å². The van der Waals surface area contributed by atoms with E-state index >= 15 is 0 Å². The summed E-state index contributed by atoms with van der Waals surface area (Å²) in [5.41, 5.74) is 1.39. The van der Waals surface area contributed by atoms with Gasteiger partial charge in [0.2, 0.25) is 0 Å². The second kappa shape index (κ2) is 9.95. The highest BCUT2D eigenvalue weighted by atomic mass is 16.5. The van der Waals surface area contributed by atoms with Crippen LogP contribution in [-0.4, -0.2) is 50.1 Å². The van der Waals surface area contributed by atoms with Crippen molar-refractivity contribution >= 4 is 0 Å². The van der Waals surface area contributed by atoms with Gasteiger partial charge < -0.3 is 14.1 Å². The maximum absolute atomic E-state index is 5.86. The van der Waals surface area contributed by atoms with Gasteiger partial charge in [0.25, 0.3) is 0 Å². The van der Waals surface area contributed by atoms with Crippen molar-refractivity contribution in [2.75, 3.05) is 40.3 Å². The number of aryl methyl sites for hydroxylation is 1. The van der Waals surface area contributed by atoms with E-state index in [0.29, 0.717) is 0 Å². The fourth-order valence-electron chi connectivity index (χ4n) is 4.05. The topological polar surface area (TPSA) is 28.9 Å². The first kappa shape index (κ1) is 20.0. The SMILES string of the molecule is CCc1ccc(CN(C)C[C@H]2CCCN(CCc3ccc(OC)cc3)C2)o1. The van der Waals surface area contributed by atoms with E-state index in [0.717, 1.165) is 55.7 Å². The Morgan fingerprint density at radius 2 is 1.93 bits per heavy atom. The first-order chi connectivity index (χ1) is 13.2. The summed E-state index contributed by atoms with van der Waals surface area (Å²) in [7, 11) is 3.93. The van der Waals surface area contributed by atoms with Crippen LogP contribution in [0.5, 0.6) is 5.75 Å². The molecule has 2 aromatic rings. The van der Waals surface area contributed by atoms with Gasteiger partial charge in [0.1, 0.15) is 17.3 Å². The molecular weight excluding hydrogens is 336 g/mol. The minimum atomic E-state index is 0.750. The molecule has 148 valence electrons. The van der Waals surface area contributed by atoms with E-state index in [-0.39, 0.29) is 0 Å². The molecule has 0 bridgehead atoms. The Labute approximate surface area is 164 Å². The number of methoxy groups -OCH3 is 1. The Balaban J connectivity index is 1.42. The first-order valence-corrected chi connectivity index (χ1v) is 10.3. The van der Waals surface area contributed by atoms with Crippen molar-refractivity contribution in [3.63, 3.8) is 0 Å². The molecule has 0 N–H and O–H groups in total. The van der Waals surface area contributed by atoms with Crippen LogP contribution in [0.2, 0.25) is 0 Å². The summed E-state index contributed by atoms with van der Waals surface area (Å²) in [5, 5.41) is 0. The largest absolute Gasteiger partial charge is 0.497 e. The van der Waals surface area contributed by atoms with Crippen LogP contribution < -0.4 is 4.74 Å². The Kier molecular flexibility index (Phi) is 7.36. The molecule has 3 rings (SSSR count). The Morgan fingerprint density at radius 3 is 2.63 bits per heavy atom. The summed E-state index contributed by atoms with van der Waals surface area (Å²) >= 11 is 0. The zero-order valence-corrected chi connectivity index (χ0v) is 17.1. The van der Waals surface area contributed by atoms with Crippen molar-refractivity contribution in [3.8, 4) is 5.75 Å². The number of ether oxygens (including phenoxy) is 1. The summed E-state index contributed by atoms with van der Waals surface area (Å²) in [6, 6.07) is 12.7. The van der Waals surface area contributed by atoms with E-state index in [1.54, 1.807) is 7.11 Å². The molecule has 0 radical (unpaired) electrons. The standard InChI is InChI=1S/C23H34N2O2/c1-4-21-11-12-23(27-21)18-24(2)16-20-6-5-14-25(17-20)15-13-19-7-9-22(26-3)10-8-19/h7-12,20H,4-6,13-18H2,1-3H3/t20-/m1/s1. The summed E-state index contributed by atoms with van der Waals surface area (Å²) in [6.07, 6.45) is 4.72. The average Bonchev–Trinajstić information content (AvgIpc) is 3.14. The summed E-state index contributed by atoms with van der Waals surface area (Å²) < 4.78 is 11.1. The zero-order chi connectivity index (χ0) is 19.1. The fraction of sp³-hybridized carbons (Fsp3) is 0.565. The van der Waals surface area contributed by atoms with E-state index < -0.39 is 0 Å². The lowest BCUT2D eigenvalue weighted by atomic mass is 9.97. The third-order valence-corrected chi connectivity index (χ3v) is 5.54. The smallest absolute Gasteiger partial charge is 0.118 e. The van der Waals surface area contributed by atoms with Crippen molar-refractivity contribution in [1.82, 2.24) is 9.80 Å². The van der Waals surface area contributed by atoms with Crippen LogP contribution in [-0.2, 0) is 19.4 Å². The molecule has 0 aliphatic carbocycles. The van der Waals surface area contributed by atoms with Crippen LogP contribution in [0.15, 0.2) is 40.8 Å². The van der Waals surface area contributed by atoms with Crippen LogP contribution >= 0.6 is 0 Å². The molecule has 1 fully saturated rings. The lowest BCUT2D eigenvalue weighted by Crippen LogP contribution is -2.40. The molecule has 4 heteroatoms. The fourth-order valence-corrected chi connectivity index (χ4v) is 4.05. The molecule has 27 heavy (non-hydrogen) atoms. The van der Waals surface area contributed by atoms with E-state index in [1.807, 2.05) is 0 Å². The predicted molar refractivity (Wildman–Crippen MR) is 110 cm³/mol. The van der Waals surface area contributed by atoms with Gasteiger partial charge in [0, 0.05) is 26.1 Å². The highest BCUT2D eigenvalue weighted by Gasteiger charge is 2.21. The number of hydrogen-bond acceptors (Lipinski definition) is 4. The van der Waals surface area contributed by atoms with Crippen LogP contribution in [0.3, 0.4) is 0 Å². The summed E-state index contributed by atoms with van der Waals surface area (Å²) in [6.45, 7) is 7.76. The van der Waals surface area contributed by atoms with Gasteiger partial charge in [-0.2, -0.15) is 0 Å². The highest BCUT2D eigenvalue weighted by molar-refractivity contribution is 5.27. The molecular formula is C23H34N2O2. The number of benzene rings is 1. The van der Waals surface area contributed by atoms with Crippen LogP contribution in [0, 0.1) is 5.92 Å². The quantitative estimate of drug-likeness (QED) is 0.660. The van der Waals surface area contributed by atoms with Crippen LogP contribution in [0.4, 0.5) is 0 Å². The Bertz CT molecular complexity index is 680. The number of nitrogens with zero attached hydrogens (tertiary/aromatic N) is 2. The van der Waals surface area contributed by atoms with Crippen LogP contribution in [0.1, 0.15) is 36.8 Å². The molecule has 0 unspecified atom stereocenters. The van der Waals surface area contributed by atoms with Gasteiger partial charge in [-0.1, -0.05) is 19.1 Å². The average molecular weight is 371 g/mol. The molecule has 2 heterocycles. The Hall–Kier alpha value is -1.78. The molecule has 0 spiro atoms. The van der Waals surface area contributed by atoms with E-state index in [4.69, 9.17) is 9.15 Å². The molecule has 0 saturated carbocycles. The molecule has 1 aromatic carbocycles. The summed E-state index contributed by atoms with van der Waals surface area (Å²) in [4.78, 5) is 5.05. The van der Waals surface area contributed by atoms with E-state index in [2.05, 4.69) is 60.2 Å². The maximum atomic E-state index is 5.86. The Morgan fingerprint density at radius 1 is 1.15 bits per heavy atom. The second-order valence-corrected chi connectivity index (χ2v) is 7.83. The van der Waals surface area contributed by atoms with Gasteiger partial charge in [-0.3, -0.25) is 4.90 Å². The molecule has 1 saturated heterocycles. The maximum Gasteiger partial charge on any atom is 0.118 e. The first-order valence-electron chi connectivity index (χ1n) is 10.3. The van der Waals surface area contributed by atoms with Crippen molar-refractivity contribution in [3.05, 3.63) is 53.5 Å². The van der Waals surface area contributed by atoms with E-state index in [1.165, 1.54) is 31.5 Å². The summed E-state index contributed by atoms with van der Waals surface area (Å²) in [5.74, 6) is 3.85. The van der Waals surface area contributed by atoms with Gasteiger partial charge in [-0.25, -0.2) is 0 Å².